The molecule has 0 radical (unpaired) electrons. The quantitative estimate of drug-likeness (QED) is 0.201. The molecule has 4 aromatic heterocycles. The maximum Gasteiger partial charge on any atom is 0.274 e. The summed E-state index contributed by atoms with van der Waals surface area (Å²) in [6.07, 6.45) is 2.98. The van der Waals surface area contributed by atoms with Crippen LogP contribution in [0.3, 0.4) is 0 Å². The van der Waals surface area contributed by atoms with Crippen molar-refractivity contribution in [2.75, 3.05) is 31.2 Å². The minimum Gasteiger partial charge on any atom is -0.378 e. The number of nitrogens with zero attached hydrogens (tertiary/aromatic N) is 5. The van der Waals surface area contributed by atoms with Crippen LogP contribution >= 0.6 is 34.7 Å². The van der Waals surface area contributed by atoms with Crippen LogP contribution in [0.15, 0.2) is 57.1 Å². The number of anilines is 1. The molecule has 5 rings (SSSR count). The number of aromatic nitrogens is 4. The molecule has 0 aromatic carbocycles. The van der Waals surface area contributed by atoms with E-state index in [9.17, 15) is 14.4 Å². The number of ketones is 1. The van der Waals surface area contributed by atoms with E-state index >= 15 is 0 Å². The van der Waals surface area contributed by atoms with E-state index in [1.807, 2.05) is 43.9 Å². The lowest BCUT2D eigenvalue weighted by Gasteiger charge is -2.28. The van der Waals surface area contributed by atoms with Crippen molar-refractivity contribution in [3.8, 4) is 11.3 Å². The standard InChI is InChI=1S/C27H28ClN5O5S2/c1-27(2,3)26(36)33-24(39-16-18-4-5-23(28)40-18)13-19(30-33)17-12-20(31-8-10-37-11-9-31)25(35)32(14-17)15-21(34)22-6-7-29-38-22/h4-7,12-14H,8-11,15-16H2,1-3H3. The number of hydrogen-bond donors (Lipinski definition) is 0. The van der Waals surface area contributed by atoms with Gasteiger partial charge < -0.3 is 18.7 Å². The smallest absolute Gasteiger partial charge is 0.274 e. The molecule has 13 heteroatoms. The Morgan fingerprint density at radius 2 is 1.93 bits per heavy atom. The Morgan fingerprint density at radius 1 is 1.15 bits per heavy atom. The van der Waals surface area contributed by atoms with Crippen molar-refractivity contribution in [2.45, 2.75) is 38.1 Å². The number of carbonyl (C=O) groups is 2. The monoisotopic (exact) mass is 601 g/mol. The van der Waals surface area contributed by atoms with Crippen LogP contribution in [0.1, 0.15) is 41.0 Å². The second kappa shape index (κ2) is 11.7. The van der Waals surface area contributed by atoms with Crippen LogP contribution in [-0.4, -0.2) is 57.5 Å². The third-order valence-electron chi connectivity index (χ3n) is 6.24. The maximum absolute atomic E-state index is 13.5. The summed E-state index contributed by atoms with van der Waals surface area (Å²) in [5, 5.41) is 8.97. The fourth-order valence-corrected chi connectivity index (χ4v) is 6.27. The van der Waals surface area contributed by atoms with Gasteiger partial charge in [-0.1, -0.05) is 37.5 Å². The average molecular weight is 602 g/mol. The summed E-state index contributed by atoms with van der Waals surface area (Å²) in [6.45, 7) is 7.35. The number of thioether (sulfide) groups is 1. The molecule has 1 aliphatic rings. The third kappa shape index (κ3) is 6.25. The minimum absolute atomic E-state index is 0.0673. The number of Topliss-reactive ketones (excluding diaryl/α,β-unsaturated/α-hetero) is 1. The van der Waals surface area contributed by atoms with Gasteiger partial charge >= 0.3 is 0 Å². The van der Waals surface area contributed by atoms with Gasteiger partial charge in [0.15, 0.2) is 0 Å². The van der Waals surface area contributed by atoms with E-state index in [4.69, 9.17) is 26.0 Å². The molecule has 40 heavy (non-hydrogen) atoms. The van der Waals surface area contributed by atoms with Crippen molar-refractivity contribution in [3.05, 3.63) is 68.1 Å². The first-order chi connectivity index (χ1) is 19.1. The summed E-state index contributed by atoms with van der Waals surface area (Å²) in [6, 6.07) is 8.88. The SMILES string of the molecule is CC(C)(C)C(=O)n1nc(-c2cc(N3CCOCC3)c(=O)n(CC(=O)c3ccno3)c2)cc1SCc1ccc(Cl)s1. The Labute approximate surface area is 243 Å². The molecule has 210 valence electrons. The molecule has 0 amide bonds. The van der Waals surface area contributed by atoms with Crippen LogP contribution in [-0.2, 0) is 17.0 Å². The molecule has 1 fully saturated rings. The summed E-state index contributed by atoms with van der Waals surface area (Å²) in [4.78, 5) is 42.8. The molecular formula is C27H28ClN5O5S2. The lowest BCUT2D eigenvalue weighted by molar-refractivity contribution is 0.0736. The summed E-state index contributed by atoms with van der Waals surface area (Å²) in [7, 11) is 0. The Morgan fingerprint density at radius 3 is 2.58 bits per heavy atom. The molecule has 0 spiro atoms. The van der Waals surface area contributed by atoms with Gasteiger partial charge in [-0.2, -0.15) is 9.78 Å². The molecule has 0 aliphatic carbocycles. The summed E-state index contributed by atoms with van der Waals surface area (Å²) in [5.74, 6) is 0.138. The zero-order chi connectivity index (χ0) is 28.4. The number of carbonyl (C=O) groups excluding carboxylic acids is 2. The van der Waals surface area contributed by atoms with E-state index in [1.165, 1.54) is 44.6 Å². The molecule has 0 unspecified atom stereocenters. The zero-order valence-corrected chi connectivity index (χ0v) is 24.6. The molecular weight excluding hydrogens is 574 g/mol. The highest BCUT2D eigenvalue weighted by Gasteiger charge is 2.28. The molecule has 0 atom stereocenters. The number of halogens is 1. The largest absolute Gasteiger partial charge is 0.378 e. The molecule has 0 bridgehead atoms. The van der Waals surface area contributed by atoms with Gasteiger partial charge in [-0.05, 0) is 24.3 Å². The Hall–Kier alpha value is -3.19. The molecule has 1 saturated heterocycles. The summed E-state index contributed by atoms with van der Waals surface area (Å²) in [5.41, 5.74) is 0.567. The number of thiophene rings is 1. The highest BCUT2D eigenvalue weighted by molar-refractivity contribution is 7.98. The Bertz CT molecular complexity index is 1580. The fourth-order valence-electron chi connectivity index (χ4n) is 4.15. The highest BCUT2D eigenvalue weighted by atomic mass is 35.5. The normalized spacial score (nSPS) is 14.1. The zero-order valence-electron chi connectivity index (χ0n) is 22.3. The first-order valence-corrected chi connectivity index (χ1v) is 14.8. The molecule has 10 nitrogen and oxygen atoms in total. The predicted molar refractivity (Wildman–Crippen MR) is 155 cm³/mol. The van der Waals surface area contributed by atoms with Crippen molar-refractivity contribution in [2.24, 2.45) is 5.41 Å². The summed E-state index contributed by atoms with van der Waals surface area (Å²) < 4.78 is 14.0. The number of morpholine rings is 1. The van der Waals surface area contributed by atoms with E-state index in [0.717, 1.165) is 4.88 Å². The van der Waals surface area contributed by atoms with Gasteiger partial charge in [0, 0.05) is 47.0 Å². The molecule has 4 aromatic rings. The van der Waals surface area contributed by atoms with Gasteiger partial charge in [0.05, 0.1) is 36.0 Å². The number of rotatable bonds is 8. The third-order valence-corrected chi connectivity index (χ3v) is 8.70. The van der Waals surface area contributed by atoms with E-state index in [0.29, 0.717) is 58.4 Å². The first-order valence-electron chi connectivity index (χ1n) is 12.6. The average Bonchev–Trinajstić information content (AvgIpc) is 3.69. The van der Waals surface area contributed by atoms with E-state index in [1.54, 1.807) is 12.3 Å². The van der Waals surface area contributed by atoms with Crippen molar-refractivity contribution in [1.29, 1.82) is 0 Å². The number of hydrogen-bond acceptors (Lipinski definition) is 10. The summed E-state index contributed by atoms with van der Waals surface area (Å²) >= 11 is 9.08. The number of pyridine rings is 1. The van der Waals surface area contributed by atoms with Crippen LogP contribution in [0.5, 0.6) is 0 Å². The van der Waals surface area contributed by atoms with Gasteiger partial charge in [0.2, 0.25) is 11.5 Å². The van der Waals surface area contributed by atoms with Crippen molar-refractivity contribution >= 4 is 52.1 Å². The maximum atomic E-state index is 13.5. The minimum atomic E-state index is -0.675. The van der Waals surface area contributed by atoms with Crippen LogP contribution < -0.4 is 10.5 Å². The van der Waals surface area contributed by atoms with Crippen LogP contribution in [0.4, 0.5) is 5.69 Å². The topological polar surface area (TPSA) is 112 Å². The highest BCUT2D eigenvalue weighted by Crippen LogP contribution is 2.33. The molecule has 0 saturated carbocycles. The van der Waals surface area contributed by atoms with Gasteiger partial charge in [-0.25, -0.2) is 0 Å². The van der Waals surface area contributed by atoms with Crippen molar-refractivity contribution in [1.82, 2.24) is 19.5 Å². The Balaban J connectivity index is 1.57. The molecule has 0 N–H and O–H groups in total. The van der Waals surface area contributed by atoms with Gasteiger partial charge in [-0.3, -0.25) is 14.4 Å². The second-order valence-corrected chi connectivity index (χ2v) is 13.1. The van der Waals surface area contributed by atoms with Crippen molar-refractivity contribution < 1.29 is 18.8 Å². The second-order valence-electron chi connectivity index (χ2n) is 10.3. The van der Waals surface area contributed by atoms with Crippen LogP contribution in [0.2, 0.25) is 4.34 Å². The van der Waals surface area contributed by atoms with Crippen LogP contribution in [0.25, 0.3) is 11.3 Å². The van der Waals surface area contributed by atoms with Crippen LogP contribution in [0, 0.1) is 5.41 Å². The van der Waals surface area contributed by atoms with Gasteiger partial charge in [0.1, 0.15) is 10.7 Å². The van der Waals surface area contributed by atoms with Gasteiger partial charge in [-0.15, -0.1) is 23.1 Å². The van der Waals surface area contributed by atoms with E-state index < -0.39 is 5.41 Å². The Kier molecular flexibility index (Phi) is 8.31. The van der Waals surface area contributed by atoms with E-state index in [2.05, 4.69) is 5.16 Å². The number of ether oxygens (including phenoxy) is 1. The fraction of sp³-hybridized carbons (Fsp3) is 0.370. The molecule has 5 heterocycles. The van der Waals surface area contributed by atoms with E-state index in [-0.39, 0.29) is 29.6 Å². The molecule has 1 aliphatic heterocycles. The van der Waals surface area contributed by atoms with Gasteiger partial charge in [0.25, 0.3) is 11.5 Å². The lowest BCUT2D eigenvalue weighted by atomic mass is 9.96. The predicted octanol–water partition coefficient (Wildman–Crippen LogP) is 5.11. The lowest BCUT2D eigenvalue weighted by Crippen LogP contribution is -2.40. The van der Waals surface area contributed by atoms with Crippen molar-refractivity contribution in [3.63, 3.8) is 0 Å². The first kappa shape index (κ1) is 28.3.